The quantitative estimate of drug-likeness (QED) is 0.168. The second kappa shape index (κ2) is 15.4. The van der Waals surface area contributed by atoms with Gasteiger partial charge in [0.1, 0.15) is 23.5 Å². The summed E-state index contributed by atoms with van der Waals surface area (Å²) in [5, 5.41) is 2.68. The number of unbranched alkanes of at least 4 members (excludes halogenated alkanes) is 4. The predicted octanol–water partition coefficient (Wildman–Crippen LogP) is 3.50. The lowest BCUT2D eigenvalue weighted by Gasteiger charge is -2.29. The number of hydrogen-bond acceptors (Lipinski definition) is 7. The third-order valence-electron chi connectivity index (χ3n) is 7.36. The molecule has 0 bridgehead atoms. The van der Waals surface area contributed by atoms with Gasteiger partial charge in [-0.1, -0.05) is 31.4 Å². The number of likely N-dealkylation sites (tertiary alicyclic amines) is 1. The van der Waals surface area contributed by atoms with Crippen molar-refractivity contribution >= 4 is 39.7 Å². The normalized spacial score (nSPS) is 20.6. The first kappa shape index (κ1) is 34.8. The maximum atomic E-state index is 13.2. The molecule has 2 aliphatic rings. The first-order valence-electron chi connectivity index (χ1n) is 15.0. The Labute approximate surface area is 258 Å². The van der Waals surface area contributed by atoms with Crippen molar-refractivity contribution in [1.29, 1.82) is 0 Å². The van der Waals surface area contributed by atoms with Crippen LogP contribution in [0.2, 0.25) is 0 Å². The van der Waals surface area contributed by atoms with Gasteiger partial charge in [-0.05, 0) is 89.5 Å². The minimum atomic E-state index is -4.12. The predicted molar refractivity (Wildman–Crippen MR) is 163 cm³/mol. The Bertz CT molecular complexity index is 1310. The Morgan fingerprint density at radius 2 is 1.80 bits per heavy atom. The largest absolute Gasteiger partial charge is 0.444 e. The summed E-state index contributed by atoms with van der Waals surface area (Å²) < 4.78 is 46.9. The highest BCUT2D eigenvalue weighted by atomic mass is 32.2. The van der Waals surface area contributed by atoms with E-state index in [1.54, 1.807) is 20.8 Å². The van der Waals surface area contributed by atoms with Crippen molar-refractivity contribution < 1.29 is 36.7 Å². The molecule has 1 aliphatic heterocycles. The van der Waals surface area contributed by atoms with Crippen molar-refractivity contribution in [2.24, 2.45) is 17.6 Å². The van der Waals surface area contributed by atoms with Crippen molar-refractivity contribution in [3.8, 4) is 0 Å². The van der Waals surface area contributed by atoms with Gasteiger partial charge in [0.05, 0.1) is 5.69 Å². The second-order valence-corrected chi connectivity index (χ2v) is 13.7. The lowest BCUT2D eigenvalue weighted by Crippen LogP contribution is -2.53. The number of amides is 4. The number of nitrogens with two attached hydrogens (primary N) is 1. The Morgan fingerprint density at radius 1 is 1.11 bits per heavy atom. The highest BCUT2D eigenvalue weighted by Crippen LogP contribution is 2.40. The molecule has 1 saturated carbocycles. The molecule has 244 valence electrons. The Kier molecular flexibility index (Phi) is 12.1. The molecule has 0 spiro atoms. The number of nitrogens with zero attached hydrogens (tertiary/aromatic N) is 1. The van der Waals surface area contributed by atoms with E-state index < -0.39 is 57.5 Å². The van der Waals surface area contributed by atoms with E-state index >= 15 is 0 Å². The summed E-state index contributed by atoms with van der Waals surface area (Å²) in [4.78, 5) is 51.3. The molecule has 0 radical (unpaired) electrons. The van der Waals surface area contributed by atoms with E-state index in [1.807, 2.05) is 16.9 Å². The monoisotopic (exact) mass is 637 g/mol. The molecule has 44 heavy (non-hydrogen) atoms. The number of carbonyl (C=O) groups excluding carboxylic acids is 4. The molecular weight excluding hydrogens is 593 g/mol. The lowest BCUT2D eigenvalue weighted by atomic mass is 10.0. The molecule has 4 atom stereocenters. The Balaban J connectivity index is 1.37. The van der Waals surface area contributed by atoms with Crippen LogP contribution in [0, 0.1) is 17.7 Å². The number of hydrogen-bond donors (Lipinski definition) is 4. The number of benzene rings is 1. The van der Waals surface area contributed by atoms with E-state index in [4.69, 9.17) is 10.5 Å². The summed E-state index contributed by atoms with van der Waals surface area (Å²) in [5.74, 6) is -2.43. The third kappa shape index (κ3) is 11.4. The minimum Gasteiger partial charge on any atom is -0.444 e. The van der Waals surface area contributed by atoms with Crippen LogP contribution in [0.15, 0.2) is 36.4 Å². The maximum Gasteiger partial charge on any atom is 0.408 e. The fourth-order valence-corrected chi connectivity index (χ4v) is 6.02. The SMILES string of the molecule is CC(C)(C)OC(=O)NC(CCCCCC/C=C\[C@@H]1C[C@@H]1C(=O)NS(=O)(=O)Nc1ccc(F)cc1)C(=O)N1CCC[C@H]1C(N)=O. The zero-order chi connectivity index (χ0) is 32.5. The average Bonchev–Trinajstić information content (AvgIpc) is 3.52. The highest BCUT2D eigenvalue weighted by molar-refractivity contribution is 7.91. The van der Waals surface area contributed by atoms with Crippen LogP contribution < -0.4 is 20.5 Å². The molecule has 1 heterocycles. The van der Waals surface area contributed by atoms with Crippen LogP contribution in [0.5, 0.6) is 0 Å². The van der Waals surface area contributed by atoms with Crippen molar-refractivity contribution in [2.75, 3.05) is 11.3 Å². The van der Waals surface area contributed by atoms with Crippen molar-refractivity contribution in [3.63, 3.8) is 0 Å². The van der Waals surface area contributed by atoms with Gasteiger partial charge in [0.15, 0.2) is 0 Å². The summed E-state index contributed by atoms with van der Waals surface area (Å²) in [6, 6.07) is 3.25. The summed E-state index contributed by atoms with van der Waals surface area (Å²) in [7, 11) is -4.12. The van der Waals surface area contributed by atoms with E-state index in [2.05, 4.69) is 10.0 Å². The fourth-order valence-electron chi connectivity index (χ4n) is 5.10. The van der Waals surface area contributed by atoms with Gasteiger partial charge >= 0.3 is 16.3 Å². The van der Waals surface area contributed by atoms with Crippen LogP contribution in [-0.2, 0) is 29.3 Å². The van der Waals surface area contributed by atoms with E-state index in [1.165, 1.54) is 17.0 Å². The molecule has 5 N–H and O–H groups in total. The summed E-state index contributed by atoms with van der Waals surface area (Å²) >= 11 is 0. The summed E-state index contributed by atoms with van der Waals surface area (Å²) in [5.41, 5.74) is 4.90. The van der Waals surface area contributed by atoms with Crippen LogP contribution in [-0.4, -0.2) is 61.4 Å². The molecule has 4 amide bonds. The van der Waals surface area contributed by atoms with Gasteiger partial charge in [-0.25, -0.2) is 13.9 Å². The van der Waals surface area contributed by atoms with Gasteiger partial charge in [0.2, 0.25) is 17.7 Å². The van der Waals surface area contributed by atoms with Gasteiger partial charge in [0.25, 0.3) is 0 Å². The van der Waals surface area contributed by atoms with Crippen LogP contribution in [0.3, 0.4) is 0 Å². The average molecular weight is 638 g/mol. The van der Waals surface area contributed by atoms with Crippen LogP contribution in [0.25, 0.3) is 0 Å². The van der Waals surface area contributed by atoms with Gasteiger partial charge < -0.3 is 20.7 Å². The maximum absolute atomic E-state index is 13.2. The van der Waals surface area contributed by atoms with E-state index in [0.717, 1.165) is 37.8 Å². The second-order valence-electron chi connectivity index (χ2n) is 12.3. The zero-order valence-corrected chi connectivity index (χ0v) is 26.3. The Hall–Kier alpha value is -3.68. The fraction of sp³-hybridized carbons (Fsp3) is 0.600. The smallest absolute Gasteiger partial charge is 0.408 e. The third-order valence-corrected chi connectivity index (χ3v) is 8.33. The number of carbonyl (C=O) groups is 4. The summed E-state index contributed by atoms with van der Waals surface area (Å²) in [6.45, 7) is 5.62. The van der Waals surface area contributed by atoms with Crippen molar-refractivity contribution in [1.82, 2.24) is 14.9 Å². The number of allylic oxidation sites excluding steroid dienone is 2. The molecule has 12 nitrogen and oxygen atoms in total. The van der Waals surface area contributed by atoms with Gasteiger partial charge in [-0.3, -0.25) is 19.1 Å². The molecular formula is C30H44FN5O7S. The number of halogens is 1. The number of ether oxygens (including phenoxy) is 1. The topological polar surface area (TPSA) is 177 Å². The van der Waals surface area contributed by atoms with E-state index in [9.17, 15) is 32.0 Å². The highest BCUT2D eigenvalue weighted by Gasteiger charge is 2.42. The first-order chi connectivity index (χ1) is 20.6. The number of alkyl carbamates (subject to hydrolysis) is 1. The standard InChI is InChI=1S/C30H44FN5O7S/c1-30(2,3)43-29(40)33-24(28(39)36-18-10-13-25(36)26(32)37)12-9-7-5-4-6-8-11-20-19-23(20)27(38)35-44(41,42)34-22-16-14-21(31)15-17-22/h8,11,14-17,20,23-25,34H,4-7,9-10,12-13,18-19H2,1-3H3,(H2,32,37)(H,33,40)(H,35,38)/b11-8-/t20-,23+,24?,25+/m1/s1. The molecule has 14 heteroatoms. The minimum absolute atomic E-state index is 0.0310. The molecule has 1 aliphatic carbocycles. The van der Waals surface area contributed by atoms with Crippen molar-refractivity contribution in [3.05, 3.63) is 42.2 Å². The number of nitrogens with one attached hydrogen (secondary N) is 3. The number of primary amides is 1. The van der Waals surface area contributed by atoms with Crippen LogP contribution in [0.1, 0.15) is 78.6 Å². The first-order valence-corrected chi connectivity index (χ1v) is 16.5. The number of anilines is 1. The lowest BCUT2D eigenvalue weighted by molar-refractivity contribution is -0.139. The Morgan fingerprint density at radius 3 is 2.45 bits per heavy atom. The molecule has 2 fully saturated rings. The number of rotatable bonds is 15. The molecule has 0 aromatic heterocycles. The molecule has 1 unspecified atom stereocenters. The zero-order valence-electron chi connectivity index (χ0n) is 25.5. The van der Waals surface area contributed by atoms with Gasteiger partial charge in [0, 0.05) is 12.5 Å². The molecule has 1 saturated heterocycles. The molecule has 1 aromatic carbocycles. The van der Waals surface area contributed by atoms with Crippen LogP contribution in [0.4, 0.5) is 14.9 Å². The van der Waals surface area contributed by atoms with Crippen LogP contribution >= 0.6 is 0 Å². The van der Waals surface area contributed by atoms with E-state index in [-0.39, 0.29) is 17.5 Å². The van der Waals surface area contributed by atoms with Gasteiger partial charge in [-0.2, -0.15) is 8.42 Å². The van der Waals surface area contributed by atoms with E-state index in [0.29, 0.717) is 38.6 Å². The molecule has 1 aromatic rings. The van der Waals surface area contributed by atoms with Crippen molar-refractivity contribution in [2.45, 2.75) is 96.2 Å². The summed E-state index contributed by atoms with van der Waals surface area (Å²) in [6.07, 6.45) is 9.39. The molecule has 3 rings (SSSR count). The van der Waals surface area contributed by atoms with Gasteiger partial charge in [-0.15, -0.1) is 0 Å².